The van der Waals surface area contributed by atoms with E-state index in [0.717, 1.165) is 5.56 Å². The number of benzene rings is 1. The normalized spacial score (nSPS) is 14.1. The van der Waals surface area contributed by atoms with Crippen LogP contribution in [0, 0.1) is 5.92 Å². The minimum absolute atomic E-state index is 0.388. The highest BCUT2D eigenvalue weighted by Crippen LogP contribution is 2.05. The number of carbonyl (C=O) groups excluding carboxylic acids is 1. The molecule has 0 saturated heterocycles. The number of carbonyl (C=O) groups is 1. The van der Waals surface area contributed by atoms with E-state index >= 15 is 0 Å². The van der Waals surface area contributed by atoms with E-state index in [-0.39, 0.29) is 5.97 Å². The zero-order valence-electron chi connectivity index (χ0n) is 10.2. The fourth-order valence-electron chi connectivity index (χ4n) is 1.57. The molecule has 1 rings (SSSR count). The van der Waals surface area contributed by atoms with Gasteiger partial charge in [0.05, 0.1) is 19.1 Å². The summed E-state index contributed by atoms with van der Waals surface area (Å²) in [5, 5.41) is 12.6. The molecule has 17 heavy (non-hydrogen) atoms. The van der Waals surface area contributed by atoms with Crippen LogP contribution in [0.25, 0.3) is 0 Å². The first-order valence-electron chi connectivity index (χ1n) is 5.65. The molecule has 0 spiro atoms. The number of esters is 1. The van der Waals surface area contributed by atoms with Crippen LogP contribution in [0.5, 0.6) is 0 Å². The second kappa shape index (κ2) is 7.04. The second-order valence-corrected chi connectivity index (χ2v) is 3.99. The number of methoxy groups -OCH3 is 1. The van der Waals surface area contributed by atoms with Gasteiger partial charge in [-0.25, -0.2) is 0 Å². The van der Waals surface area contributed by atoms with E-state index in [9.17, 15) is 9.90 Å². The maximum Gasteiger partial charge on any atom is 0.312 e. The number of hydrogen-bond donors (Lipinski definition) is 2. The van der Waals surface area contributed by atoms with Crippen molar-refractivity contribution in [3.8, 4) is 0 Å². The number of aliphatic hydroxyl groups is 1. The fourth-order valence-corrected chi connectivity index (χ4v) is 1.57. The van der Waals surface area contributed by atoms with E-state index < -0.39 is 12.0 Å². The van der Waals surface area contributed by atoms with Crippen LogP contribution in [0.4, 0.5) is 0 Å². The molecule has 0 aliphatic rings. The Hall–Kier alpha value is -1.39. The molecule has 4 nitrogen and oxygen atoms in total. The van der Waals surface area contributed by atoms with Gasteiger partial charge in [0, 0.05) is 13.1 Å². The quantitative estimate of drug-likeness (QED) is 0.723. The van der Waals surface area contributed by atoms with Gasteiger partial charge in [-0.2, -0.15) is 0 Å². The topological polar surface area (TPSA) is 58.6 Å². The van der Waals surface area contributed by atoms with Crippen molar-refractivity contribution >= 4 is 5.97 Å². The average Bonchev–Trinajstić information content (AvgIpc) is 2.34. The molecule has 0 bridgehead atoms. The maximum atomic E-state index is 11.4. The SMILES string of the molecule is COC(=O)[C@@H](CNCc1ccccc1)[C@H](C)O. The molecule has 4 heteroatoms. The lowest BCUT2D eigenvalue weighted by Crippen LogP contribution is -2.36. The summed E-state index contributed by atoms with van der Waals surface area (Å²) in [7, 11) is 1.33. The summed E-state index contributed by atoms with van der Waals surface area (Å²) in [6.07, 6.45) is -0.717. The highest BCUT2D eigenvalue weighted by Gasteiger charge is 2.23. The Kier molecular flexibility index (Phi) is 5.66. The minimum atomic E-state index is -0.717. The lowest BCUT2D eigenvalue weighted by molar-refractivity contribution is -0.148. The van der Waals surface area contributed by atoms with Crippen molar-refractivity contribution in [3.63, 3.8) is 0 Å². The highest BCUT2D eigenvalue weighted by atomic mass is 16.5. The number of aliphatic hydroxyl groups excluding tert-OH is 1. The largest absolute Gasteiger partial charge is 0.469 e. The van der Waals surface area contributed by atoms with Crippen molar-refractivity contribution in [2.45, 2.75) is 19.6 Å². The molecule has 0 radical (unpaired) electrons. The summed E-state index contributed by atoms with van der Waals surface area (Å²) in [6, 6.07) is 9.88. The van der Waals surface area contributed by atoms with Crippen LogP contribution in [-0.2, 0) is 16.1 Å². The van der Waals surface area contributed by atoms with Crippen LogP contribution in [-0.4, -0.2) is 30.8 Å². The van der Waals surface area contributed by atoms with Gasteiger partial charge in [-0.15, -0.1) is 0 Å². The van der Waals surface area contributed by atoms with Gasteiger partial charge in [0.1, 0.15) is 0 Å². The van der Waals surface area contributed by atoms with Gasteiger partial charge in [0.25, 0.3) is 0 Å². The number of rotatable bonds is 6. The Morgan fingerprint density at radius 3 is 2.59 bits per heavy atom. The van der Waals surface area contributed by atoms with Crippen molar-refractivity contribution in [2.75, 3.05) is 13.7 Å². The summed E-state index contributed by atoms with van der Waals surface area (Å²) < 4.78 is 4.64. The van der Waals surface area contributed by atoms with Crippen molar-refractivity contribution < 1.29 is 14.6 Å². The molecular weight excluding hydrogens is 218 g/mol. The van der Waals surface area contributed by atoms with E-state index in [0.29, 0.717) is 13.1 Å². The van der Waals surface area contributed by atoms with Gasteiger partial charge in [-0.3, -0.25) is 4.79 Å². The molecule has 0 unspecified atom stereocenters. The Bertz CT molecular complexity index is 338. The van der Waals surface area contributed by atoms with Crippen molar-refractivity contribution in [1.82, 2.24) is 5.32 Å². The first-order chi connectivity index (χ1) is 8.15. The molecule has 0 aromatic heterocycles. The van der Waals surface area contributed by atoms with Gasteiger partial charge < -0.3 is 15.2 Å². The molecule has 0 heterocycles. The number of ether oxygens (including phenoxy) is 1. The zero-order valence-corrected chi connectivity index (χ0v) is 10.2. The van der Waals surface area contributed by atoms with Crippen LogP contribution in [0.1, 0.15) is 12.5 Å². The smallest absolute Gasteiger partial charge is 0.312 e. The van der Waals surface area contributed by atoms with Gasteiger partial charge in [0.2, 0.25) is 0 Å². The Morgan fingerprint density at radius 1 is 1.41 bits per heavy atom. The summed E-state index contributed by atoms with van der Waals surface area (Å²) in [5.41, 5.74) is 1.14. The lowest BCUT2D eigenvalue weighted by Gasteiger charge is -2.17. The molecule has 0 saturated carbocycles. The van der Waals surface area contributed by atoms with Gasteiger partial charge in [-0.1, -0.05) is 30.3 Å². The summed E-state index contributed by atoms with van der Waals surface area (Å²) in [6.45, 7) is 2.66. The molecule has 0 aliphatic heterocycles. The molecule has 1 aromatic carbocycles. The van der Waals surface area contributed by atoms with E-state index in [1.54, 1.807) is 6.92 Å². The average molecular weight is 237 g/mol. The first-order valence-corrected chi connectivity index (χ1v) is 5.65. The van der Waals surface area contributed by atoms with Crippen molar-refractivity contribution in [3.05, 3.63) is 35.9 Å². The highest BCUT2D eigenvalue weighted by molar-refractivity contribution is 5.73. The van der Waals surface area contributed by atoms with E-state index in [1.165, 1.54) is 7.11 Å². The third-order valence-corrected chi connectivity index (χ3v) is 2.62. The Labute approximate surface area is 102 Å². The number of hydrogen-bond acceptors (Lipinski definition) is 4. The van der Waals surface area contributed by atoms with Crippen LogP contribution < -0.4 is 5.32 Å². The first kappa shape index (κ1) is 13.7. The molecule has 1 aromatic rings. The predicted octanol–water partition coefficient (Wildman–Crippen LogP) is 0.946. The van der Waals surface area contributed by atoms with Crippen molar-refractivity contribution in [2.24, 2.45) is 5.92 Å². The fraction of sp³-hybridized carbons (Fsp3) is 0.462. The summed E-state index contributed by atoms with van der Waals surface area (Å²) >= 11 is 0. The second-order valence-electron chi connectivity index (χ2n) is 3.99. The number of nitrogens with one attached hydrogen (secondary N) is 1. The van der Waals surface area contributed by atoms with Crippen LogP contribution in [0.2, 0.25) is 0 Å². The minimum Gasteiger partial charge on any atom is -0.469 e. The molecule has 2 atom stereocenters. The maximum absolute atomic E-state index is 11.4. The standard InChI is InChI=1S/C13H19NO3/c1-10(15)12(13(16)17-2)9-14-8-11-6-4-3-5-7-11/h3-7,10,12,14-15H,8-9H2,1-2H3/t10-,12-/m0/s1. The van der Waals surface area contributed by atoms with E-state index in [1.807, 2.05) is 30.3 Å². The molecule has 94 valence electrons. The third kappa shape index (κ3) is 4.54. The van der Waals surface area contributed by atoms with Gasteiger partial charge in [0.15, 0.2) is 0 Å². The Balaban J connectivity index is 2.40. The third-order valence-electron chi connectivity index (χ3n) is 2.62. The molecule has 0 fully saturated rings. The van der Waals surface area contributed by atoms with Crippen LogP contribution in [0.3, 0.4) is 0 Å². The van der Waals surface area contributed by atoms with E-state index in [2.05, 4.69) is 10.1 Å². The Morgan fingerprint density at radius 2 is 2.06 bits per heavy atom. The lowest BCUT2D eigenvalue weighted by atomic mass is 10.0. The summed E-state index contributed by atoms with van der Waals surface area (Å²) in [4.78, 5) is 11.4. The predicted molar refractivity (Wildman–Crippen MR) is 65.3 cm³/mol. The van der Waals surface area contributed by atoms with Crippen molar-refractivity contribution in [1.29, 1.82) is 0 Å². The molecule has 2 N–H and O–H groups in total. The zero-order chi connectivity index (χ0) is 12.7. The van der Waals surface area contributed by atoms with Gasteiger partial charge >= 0.3 is 5.97 Å². The van der Waals surface area contributed by atoms with Gasteiger partial charge in [-0.05, 0) is 12.5 Å². The van der Waals surface area contributed by atoms with Crippen LogP contribution >= 0.6 is 0 Å². The molecule has 0 amide bonds. The van der Waals surface area contributed by atoms with E-state index in [4.69, 9.17) is 0 Å². The summed E-state index contributed by atoms with van der Waals surface area (Å²) in [5.74, 6) is -0.913. The molecular formula is C13H19NO3. The van der Waals surface area contributed by atoms with Crippen LogP contribution in [0.15, 0.2) is 30.3 Å². The monoisotopic (exact) mass is 237 g/mol. The molecule has 0 aliphatic carbocycles.